The lowest BCUT2D eigenvalue weighted by Crippen LogP contribution is -2.41. The second-order valence-electron chi connectivity index (χ2n) is 6.13. The summed E-state index contributed by atoms with van der Waals surface area (Å²) in [4.78, 5) is 19.4. The van der Waals surface area contributed by atoms with Gasteiger partial charge in [-0.1, -0.05) is 19.1 Å². The van der Waals surface area contributed by atoms with Gasteiger partial charge in [-0.25, -0.2) is 4.98 Å². The smallest absolute Gasteiger partial charge is 0.241 e. The Morgan fingerprint density at radius 1 is 1.23 bits per heavy atom. The summed E-state index contributed by atoms with van der Waals surface area (Å²) in [6.45, 7) is 2.67. The molecule has 1 heterocycles. The number of methoxy groups -OCH3 is 1. The van der Waals surface area contributed by atoms with Gasteiger partial charge in [-0.3, -0.25) is 9.69 Å². The van der Waals surface area contributed by atoms with Crippen molar-refractivity contribution in [2.24, 2.45) is 0 Å². The molecule has 0 bridgehead atoms. The quantitative estimate of drug-likeness (QED) is 0.680. The fraction of sp³-hybridized carbons (Fsp3) is 0.300. The van der Waals surface area contributed by atoms with Gasteiger partial charge in [0.25, 0.3) is 0 Å². The maximum Gasteiger partial charge on any atom is 0.241 e. The van der Waals surface area contributed by atoms with Gasteiger partial charge in [0.05, 0.1) is 29.9 Å². The second-order valence-corrected chi connectivity index (χ2v) is 7.25. The lowest BCUT2D eigenvalue weighted by atomic mass is 10.1. The van der Waals surface area contributed by atoms with E-state index in [1.54, 1.807) is 18.4 Å². The van der Waals surface area contributed by atoms with E-state index in [-0.39, 0.29) is 11.9 Å². The summed E-state index contributed by atoms with van der Waals surface area (Å²) >= 11 is 1.67. The summed E-state index contributed by atoms with van der Waals surface area (Å²) in [5.41, 5.74) is 1.78. The van der Waals surface area contributed by atoms with Crippen molar-refractivity contribution in [1.82, 2.24) is 9.88 Å². The van der Waals surface area contributed by atoms with E-state index in [9.17, 15) is 4.79 Å². The number of ether oxygens (including phenoxy) is 1. The lowest BCUT2D eigenvalue weighted by molar-refractivity contribution is -0.121. The monoisotopic (exact) mass is 369 g/mol. The van der Waals surface area contributed by atoms with Gasteiger partial charge in [-0.15, -0.1) is 11.3 Å². The van der Waals surface area contributed by atoms with Crippen molar-refractivity contribution in [2.75, 3.05) is 19.5 Å². The predicted molar refractivity (Wildman–Crippen MR) is 107 cm³/mol. The summed E-state index contributed by atoms with van der Waals surface area (Å²) < 4.78 is 6.32. The van der Waals surface area contributed by atoms with Crippen LogP contribution in [0, 0.1) is 0 Å². The van der Waals surface area contributed by atoms with Gasteiger partial charge in [0.15, 0.2) is 0 Å². The molecule has 1 aromatic heterocycles. The molecule has 3 aromatic rings. The van der Waals surface area contributed by atoms with Crippen LogP contribution in [0.25, 0.3) is 10.2 Å². The molecule has 1 N–H and O–H groups in total. The van der Waals surface area contributed by atoms with Crippen LogP contribution >= 0.6 is 11.3 Å². The topological polar surface area (TPSA) is 54.5 Å². The van der Waals surface area contributed by atoms with Crippen molar-refractivity contribution in [3.05, 3.63) is 53.5 Å². The number of anilines is 1. The summed E-state index contributed by atoms with van der Waals surface area (Å²) in [6, 6.07) is 15.2. The Morgan fingerprint density at radius 3 is 2.62 bits per heavy atom. The molecule has 1 amide bonds. The largest absolute Gasteiger partial charge is 0.497 e. The van der Waals surface area contributed by atoms with Gasteiger partial charge in [-0.2, -0.15) is 0 Å². The third kappa shape index (κ3) is 4.20. The zero-order valence-electron chi connectivity index (χ0n) is 15.2. The Morgan fingerprint density at radius 2 is 1.96 bits per heavy atom. The minimum absolute atomic E-state index is 0.0127. The number of carbonyl (C=O) groups is 1. The van der Waals surface area contributed by atoms with E-state index >= 15 is 0 Å². The van der Waals surface area contributed by atoms with Gasteiger partial charge in [0, 0.05) is 5.69 Å². The predicted octanol–water partition coefficient (Wildman–Crippen LogP) is 4.15. The Hall–Kier alpha value is -2.44. The summed E-state index contributed by atoms with van der Waals surface area (Å²) in [7, 11) is 3.59. The first-order valence-electron chi connectivity index (χ1n) is 8.60. The number of benzene rings is 2. The van der Waals surface area contributed by atoms with Crippen LogP contribution in [-0.2, 0) is 11.3 Å². The number of hydrogen-bond acceptors (Lipinski definition) is 5. The molecule has 26 heavy (non-hydrogen) atoms. The average Bonchev–Trinajstić information content (AvgIpc) is 3.05. The SMILES string of the molecule is CC[C@@H](C(=O)Nc1ccc(OC)cc1)N(C)Cc1nc2ccccc2s1. The molecular formula is C20H23N3O2S. The zero-order chi connectivity index (χ0) is 18.5. The number of thiazole rings is 1. The molecule has 6 heteroatoms. The molecule has 0 aliphatic rings. The molecule has 0 aliphatic carbocycles. The maximum absolute atomic E-state index is 12.7. The Bertz CT molecular complexity index is 843. The van der Waals surface area contributed by atoms with Crippen LogP contribution in [0.1, 0.15) is 18.4 Å². The van der Waals surface area contributed by atoms with Crippen molar-refractivity contribution >= 4 is 33.1 Å². The van der Waals surface area contributed by atoms with Crippen molar-refractivity contribution in [2.45, 2.75) is 25.9 Å². The molecule has 1 atom stereocenters. The molecule has 0 saturated carbocycles. The summed E-state index contributed by atoms with van der Waals surface area (Å²) in [6.07, 6.45) is 0.726. The number of rotatable bonds is 7. The number of nitrogens with zero attached hydrogens (tertiary/aromatic N) is 2. The molecule has 3 rings (SSSR count). The average molecular weight is 369 g/mol. The lowest BCUT2D eigenvalue weighted by Gasteiger charge is -2.25. The third-order valence-electron chi connectivity index (χ3n) is 4.30. The van der Waals surface area contributed by atoms with Crippen LogP contribution in [0.15, 0.2) is 48.5 Å². The van der Waals surface area contributed by atoms with Crippen molar-refractivity contribution in [3.8, 4) is 5.75 Å². The Labute approximate surface area is 157 Å². The van der Waals surface area contributed by atoms with E-state index < -0.39 is 0 Å². The molecule has 0 spiro atoms. The highest BCUT2D eigenvalue weighted by atomic mass is 32.1. The molecule has 0 radical (unpaired) electrons. The minimum atomic E-state index is -0.218. The zero-order valence-corrected chi connectivity index (χ0v) is 16.0. The van der Waals surface area contributed by atoms with Crippen LogP contribution in [0.2, 0.25) is 0 Å². The van der Waals surface area contributed by atoms with E-state index in [0.717, 1.165) is 28.4 Å². The molecule has 0 unspecified atom stereocenters. The molecule has 5 nitrogen and oxygen atoms in total. The maximum atomic E-state index is 12.7. The van der Waals surface area contributed by atoms with Crippen LogP contribution in [0.3, 0.4) is 0 Å². The first-order chi connectivity index (χ1) is 12.6. The summed E-state index contributed by atoms with van der Waals surface area (Å²) in [5, 5.41) is 4.00. The van der Waals surface area contributed by atoms with E-state index in [4.69, 9.17) is 4.74 Å². The molecule has 2 aromatic carbocycles. The molecule has 0 saturated heterocycles. The highest BCUT2D eigenvalue weighted by Crippen LogP contribution is 2.23. The van der Waals surface area contributed by atoms with Gasteiger partial charge in [0.1, 0.15) is 10.8 Å². The van der Waals surface area contributed by atoms with Crippen molar-refractivity contribution in [3.63, 3.8) is 0 Å². The van der Waals surface area contributed by atoms with Gasteiger partial charge < -0.3 is 10.1 Å². The fourth-order valence-electron chi connectivity index (χ4n) is 2.91. The Balaban J connectivity index is 1.66. The normalized spacial score (nSPS) is 12.3. The number of nitrogens with one attached hydrogen (secondary N) is 1. The molecule has 0 aliphatic heterocycles. The standard InChI is InChI=1S/C20H23N3O2S/c1-4-17(20(24)21-14-9-11-15(25-3)12-10-14)23(2)13-19-22-16-7-5-6-8-18(16)26-19/h5-12,17H,4,13H2,1-3H3,(H,21,24)/t17-/m0/s1. The van der Waals surface area contributed by atoms with Gasteiger partial charge in [0.2, 0.25) is 5.91 Å². The number of amides is 1. The number of likely N-dealkylation sites (N-methyl/N-ethyl adjacent to an activating group) is 1. The number of para-hydroxylation sites is 1. The first kappa shape index (κ1) is 18.4. The van der Waals surface area contributed by atoms with E-state index in [1.807, 2.05) is 56.4 Å². The van der Waals surface area contributed by atoms with E-state index in [0.29, 0.717) is 6.54 Å². The summed E-state index contributed by atoms with van der Waals surface area (Å²) in [5.74, 6) is 0.754. The highest BCUT2D eigenvalue weighted by Gasteiger charge is 2.22. The molecule has 0 fully saturated rings. The third-order valence-corrected chi connectivity index (χ3v) is 5.32. The second kappa shape index (κ2) is 8.29. The van der Waals surface area contributed by atoms with Crippen LogP contribution in [0.4, 0.5) is 5.69 Å². The number of aromatic nitrogens is 1. The number of fused-ring (bicyclic) bond motifs is 1. The Kier molecular flexibility index (Phi) is 5.85. The molecular weight excluding hydrogens is 346 g/mol. The number of carbonyl (C=O) groups excluding carboxylic acids is 1. The molecule has 136 valence electrons. The van der Waals surface area contributed by atoms with Gasteiger partial charge in [-0.05, 0) is 49.9 Å². The van der Waals surface area contributed by atoms with Crippen LogP contribution in [0.5, 0.6) is 5.75 Å². The first-order valence-corrected chi connectivity index (χ1v) is 9.42. The minimum Gasteiger partial charge on any atom is -0.497 e. The van der Waals surface area contributed by atoms with Crippen LogP contribution in [-0.4, -0.2) is 36.0 Å². The highest BCUT2D eigenvalue weighted by molar-refractivity contribution is 7.18. The van der Waals surface area contributed by atoms with Crippen molar-refractivity contribution < 1.29 is 9.53 Å². The van der Waals surface area contributed by atoms with E-state index in [2.05, 4.69) is 21.3 Å². The van der Waals surface area contributed by atoms with E-state index in [1.165, 1.54) is 4.70 Å². The number of hydrogen-bond donors (Lipinski definition) is 1. The van der Waals surface area contributed by atoms with Crippen molar-refractivity contribution in [1.29, 1.82) is 0 Å². The fourth-order valence-corrected chi connectivity index (χ4v) is 3.94. The van der Waals surface area contributed by atoms with Gasteiger partial charge >= 0.3 is 0 Å². The van der Waals surface area contributed by atoms with Crippen LogP contribution < -0.4 is 10.1 Å².